The third-order valence-corrected chi connectivity index (χ3v) is 7.99. The lowest BCUT2D eigenvalue weighted by molar-refractivity contribution is -0.143. The van der Waals surface area contributed by atoms with Crippen molar-refractivity contribution in [2.24, 2.45) is 11.8 Å². The first-order chi connectivity index (χ1) is 18.4. The first-order valence-electron chi connectivity index (χ1n) is 12.3. The van der Waals surface area contributed by atoms with Gasteiger partial charge < -0.3 is 25.0 Å². The average Bonchev–Trinajstić information content (AvgIpc) is 3.63. The van der Waals surface area contributed by atoms with Crippen molar-refractivity contribution < 1.29 is 34.1 Å². The molecule has 4 aliphatic heterocycles. The van der Waals surface area contributed by atoms with Crippen LogP contribution in [0.25, 0.3) is 0 Å². The van der Waals surface area contributed by atoms with Crippen LogP contribution in [-0.2, 0) is 32.9 Å². The van der Waals surface area contributed by atoms with Crippen LogP contribution in [0, 0.1) is 11.8 Å². The molecule has 4 N–H and O–H groups in total. The average molecular weight is 514 g/mol. The molecule has 10 nitrogen and oxygen atoms in total. The molecule has 3 aromatic carbocycles. The van der Waals surface area contributed by atoms with Crippen LogP contribution in [0.3, 0.4) is 0 Å². The topological polar surface area (TPSA) is 137 Å². The second kappa shape index (κ2) is 7.96. The molecule has 0 aliphatic carbocycles. The van der Waals surface area contributed by atoms with E-state index in [9.17, 15) is 24.6 Å². The summed E-state index contributed by atoms with van der Waals surface area (Å²) in [4.78, 5) is 42.7. The molecule has 0 radical (unpaired) electrons. The molecular formula is C28H23N3O7. The normalized spacial score (nSPS) is 26.7. The number of nitrogens with zero attached hydrogens (tertiary/aromatic N) is 1. The second-order valence-corrected chi connectivity index (χ2v) is 10.0. The van der Waals surface area contributed by atoms with Crippen LogP contribution in [0.1, 0.15) is 16.7 Å². The Morgan fingerprint density at radius 1 is 0.895 bits per heavy atom. The number of phenols is 2. The number of nitrogens with one attached hydrogen (secondary N) is 2. The van der Waals surface area contributed by atoms with Gasteiger partial charge in [0.05, 0.1) is 18.4 Å². The van der Waals surface area contributed by atoms with Gasteiger partial charge in [-0.05, 0) is 47.9 Å². The van der Waals surface area contributed by atoms with E-state index in [0.29, 0.717) is 33.9 Å². The molecule has 2 saturated heterocycles. The summed E-state index contributed by atoms with van der Waals surface area (Å²) in [5.74, 6) is -2.33. The summed E-state index contributed by atoms with van der Waals surface area (Å²) >= 11 is 0. The molecule has 3 aromatic rings. The Hall–Kier alpha value is -4.57. The number of para-hydroxylation sites is 1. The SMILES string of the molecule is O=C1C2C(Cc3ccc(O)c(O)c3)NC3(C(=O)Nc4ccccc43)C2C(=O)N1Cc1ccc2c(c1)OCO2. The lowest BCUT2D eigenvalue weighted by atomic mass is 9.76. The zero-order chi connectivity index (χ0) is 26.2. The maximum atomic E-state index is 14.0. The van der Waals surface area contributed by atoms with Gasteiger partial charge in [0.15, 0.2) is 23.0 Å². The highest BCUT2D eigenvalue weighted by molar-refractivity contribution is 6.15. The van der Waals surface area contributed by atoms with E-state index < -0.39 is 29.3 Å². The van der Waals surface area contributed by atoms with Crippen molar-refractivity contribution in [3.05, 3.63) is 77.4 Å². The fourth-order valence-corrected chi connectivity index (χ4v) is 6.32. The maximum Gasteiger partial charge on any atom is 0.250 e. The molecule has 4 aliphatic rings. The Morgan fingerprint density at radius 3 is 2.53 bits per heavy atom. The summed E-state index contributed by atoms with van der Waals surface area (Å²) in [7, 11) is 0. The lowest BCUT2D eigenvalue weighted by Crippen LogP contribution is -2.53. The zero-order valence-corrected chi connectivity index (χ0v) is 20.0. The van der Waals surface area contributed by atoms with Crippen molar-refractivity contribution in [3.63, 3.8) is 0 Å². The van der Waals surface area contributed by atoms with Crippen LogP contribution < -0.4 is 20.1 Å². The predicted octanol–water partition coefficient (Wildman–Crippen LogP) is 1.99. The minimum atomic E-state index is -1.42. The van der Waals surface area contributed by atoms with Gasteiger partial charge in [-0.15, -0.1) is 0 Å². The van der Waals surface area contributed by atoms with Gasteiger partial charge in [-0.3, -0.25) is 24.6 Å². The van der Waals surface area contributed by atoms with Crippen LogP contribution in [0.4, 0.5) is 5.69 Å². The van der Waals surface area contributed by atoms with Crippen LogP contribution in [-0.4, -0.2) is 45.7 Å². The Morgan fingerprint density at radius 2 is 1.68 bits per heavy atom. The number of hydrogen-bond donors (Lipinski definition) is 4. The van der Waals surface area contributed by atoms with Crippen LogP contribution in [0.5, 0.6) is 23.0 Å². The number of likely N-dealkylation sites (tertiary alicyclic amines) is 1. The molecule has 2 fully saturated rings. The highest BCUT2D eigenvalue weighted by Gasteiger charge is 2.70. The Balaban J connectivity index is 1.29. The van der Waals surface area contributed by atoms with E-state index in [4.69, 9.17) is 9.47 Å². The Bertz CT molecular complexity index is 1540. The van der Waals surface area contributed by atoms with E-state index in [0.717, 1.165) is 0 Å². The van der Waals surface area contributed by atoms with Crippen molar-refractivity contribution in [1.82, 2.24) is 10.2 Å². The first kappa shape index (κ1) is 22.6. The van der Waals surface area contributed by atoms with E-state index in [1.807, 2.05) is 0 Å². The molecule has 0 saturated carbocycles. The Labute approximate surface area is 216 Å². The minimum absolute atomic E-state index is 0.0351. The number of carbonyl (C=O) groups excluding carboxylic acids is 3. The number of phenolic OH excluding ortho intramolecular Hbond substituents is 2. The molecule has 1 spiro atoms. The number of hydrogen-bond acceptors (Lipinski definition) is 8. The summed E-state index contributed by atoms with van der Waals surface area (Å²) in [6.45, 7) is 0.148. The number of ether oxygens (including phenoxy) is 2. The monoisotopic (exact) mass is 513 g/mol. The highest BCUT2D eigenvalue weighted by atomic mass is 16.7. The lowest BCUT2D eigenvalue weighted by Gasteiger charge is -2.29. The van der Waals surface area contributed by atoms with Gasteiger partial charge in [0.1, 0.15) is 5.54 Å². The van der Waals surface area contributed by atoms with E-state index in [-0.39, 0.29) is 43.1 Å². The number of anilines is 1. The molecular weight excluding hydrogens is 490 g/mol. The predicted molar refractivity (Wildman–Crippen MR) is 132 cm³/mol. The molecule has 4 atom stereocenters. The van der Waals surface area contributed by atoms with Gasteiger partial charge in [0.25, 0.3) is 0 Å². The van der Waals surface area contributed by atoms with E-state index in [1.165, 1.54) is 17.0 Å². The fourth-order valence-electron chi connectivity index (χ4n) is 6.32. The number of amides is 3. The van der Waals surface area contributed by atoms with Crippen molar-refractivity contribution in [2.45, 2.75) is 24.5 Å². The number of fused-ring (bicyclic) bond motifs is 5. The summed E-state index contributed by atoms with van der Waals surface area (Å²) < 4.78 is 10.8. The number of carbonyl (C=O) groups is 3. The highest BCUT2D eigenvalue weighted by Crippen LogP contribution is 2.53. The van der Waals surface area contributed by atoms with Crippen molar-refractivity contribution in [1.29, 1.82) is 0 Å². The fraction of sp³-hybridized carbons (Fsp3) is 0.250. The minimum Gasteiger partial charge on any atom is -0.504 e. The number of imide groups is 1. The number of aromatic hydroxyl groups is 2. The Kier molecular flexibility index (Phi) is 4.74. The molecule has 4 heterocycles. The number of rotatable bonds is 4. The van der Waals surface area contributed by atoms with Crippen LogP contribution in [0.15, 0.2) is 60.7 Å². The molecule has 10 heteroatoms. The van der Waals surface area contributed by atoms with Crippen LogP contribution in [0.2, 0.25) is 0 Å². The van der Waals surface area contributed by atoms with Gasteiger partial charge in [0.2, 0.25) is 24.5 Å². The van der Waals surface area contributed by atoms with Gasteiger partial charge >= 0.3 is 0 Å². The summed E-state index contributed by atoms with van der Waals surface area (Å²) in [5, 5.41) is 26.0. The zero-order valence-electron chi connectivity index (χ0n) is 20.0. The van der Waals surface area contributed by atoms with E-state index >= 15 is 0 Å². The smallest absolute Gasteiger partial charge is 0.250 e. The maximum absolute atomic E-state index is 14.0. The summed E-state index contributed by atoms with van der Waals surface area (Å²) in [6, 6.07) is 16.3. The molecule has 0 bridgehead atoms. The quantitative estimate of drug-likeness (QED) is 0.307. The molecule has 0 aromatic heterocycles. The van der Waals surface area contributed by atoms with E-state index in [2.05, 4.69) is 10.6 Å². The van der Waals surface area contributed by atoms with E-state index in [1.54, 1.807) is 48.5 Å². The molecule has 4 unspecified atom stereocenters. The van der Waals surface area contributed by atoms with Gasteiger partial charge in [-0.1, -0.05) is 30.3 Å². The summed E-state index contributed by atoms with van der Waals surface area (Å²) in [5.41, 5.74) is 1.16. The largest absolute Gasteiger partial charge is 0.504 e. The third kappa shape index (κ3) is 3.07. The third-order valence-electron chi connectivity index (χ3n) is 7.99. The van der Waals surface area contributed by atoms with Crippen molar-refractivity contribution in [3.8, 4) is 23.0 Å². The number of benzene rings is 3. The standard InChI is InChI=1S/C28H23N3O7/c32-19-7-5-14(10-20(19)33)9-18-23-24(28(30-18)16-3-1-2-4-17(16)29-27(28)36)26(35)31(25(23)34)12-15-6-8-21-22(11-15)38-13-37-21/h1-8,10-11,18,23-24,30,32-33H,9,12-13H2,(H,29,36). The van der Waals surface area contributed by atoms with Gasteiger partial charge in [-0.2, -0.15) is 0 Å². The first-order valence-corrected chi connectivity index (χ1v) is 12.3. The second-order valence-electron chi connectivity index (χ2n) is 10.0. The molecule has 7 rings (SSSR count). The van der Waals surface area contributed by atoms with Crippen molar-refractivity contribution in [2.75, 3.05) is 12.1 Å². The van der Waals surface area contributed by atoms with Gasteiger partial charge in [0, 0.05) is 17.3 Å². The summed E-state index contributed by atoms with van der Waals surface area (Å²) in [6.07, 6.45) is 0.253. The van der Waals surface area contributed by atoms with Crippen molar-refractivity contribution >= 4 is 23.4 Å². The van der Waals surface area contributed by atoms with Crippen LogP contribution >= 0.6 is 0 Å². The molecule has 3 amide bonds. The molecule has 192 valence electrons. The van der Waals surface area contributed by atoms with Gasteiger partial charge in [-0.25, -0.2) is 0 Å². The molecule has 38 heavy (non-hydrogen) atoms.